The fourth-order valence-electron chi connectivity index (χ4n) is 1.24. The van der Waals surface area contributed by atoms with Gasteiger partial charge in [-0.05, 0) is 18.4 Å². The molecule has 0 heterocycles. The quantitative estimate of drug-likeness (QED) is 0.525. The van der Waals surface area contributed by atoms with Crippen molar-refractivity contribution in [3.8, 4) is 0 Å². The molecule has 2 N–H and O–H groups in total. The fourth-order valence-corrected chi connectivity index (χ4v) is 1.24. The second kappa shape index (κ2) is 6.33. The number of rotatable bonds is 6. The Kier molecular flexibility index (Phi) is 4.94. The van der Waals surface area contributed by atoms with Gasteiger partial charge < -0.3 is 10.7 Å². The minimum Gasteiger partial charge on any atom is -0.312 e. The summed E-state index contributed by atoms with van der Waals surface area (Å²) in [4.78, 5) is 0. The van der Waals surface area contributed by atoms with E-state index in [-0.39, 0.29) is 0 Å². The van der Waals surface area contributed by atoms with Crippen molar-refractivity contribution in [2.24, 2.45) is 0 Å². The van der Waals surface area contributed by atoms with Crippen LogP contribution in [0.5, 0.6) is 0 Å². The first kappa shape index (κ1) is 10.9. The topological polar surface area (TPSA) is 35.9 Å². The van der Waals surface area contributed by atoms with Crippen molar-refractivity contribution in [3.63, 3.8) is 0 Å². The summed E-state index contributed by atoms with van der Waals surface area (Å²) in [6.45, 7) is 3.83. The molecule has 0 spiro atoms. The first-order valence-corrected chi connectivity index (χ1v) is 5.14. The summed E-state index contributed by atoms with van der Waals surface area (Å²) < 4.78 is 0. The van der Waals surface area contributed by atoms with Gasteiger partial charge in [0.1, 0.15) is 0 Å². The van der Waals surface area contributed by atoms with E-state index in [4.69, 9.17) is 5.41 Å². The molecule has 1 aromatic rings. The zero-order valence-corrected chi connectivity index (χ0v) is 8.72. The first-order valence-electron chi connectivity index (χ1n) is 5.14. The van der Waals surface area contributed by atoms with E-state index in [9.17, 15) is 0 Å². The van der Waals surface area contributed by atoms with Crippen molar-refractivity contribution in [3.05, 3.63) is 35.9 Å². The third-order valence-electron chi connectivity index (χ3n) is 2.20. The molecule has 0 aromatic heterocycles. The fraction of sp³-hybridized carbons (Fsp3) is 0.417. The summed E-state index contributed by atoms with van der Waals surface area (Å²) in [6, 6.07) is 10.3. The van der Waals surface area contributed by atoms with Crippen LogP contribution in [0.15, 0.2) is 30.3 Å². The van der Waals surface area contributed by atoms with Crippen LogP contribution >= 0.6 is 0 Å². The molecule has 0 aliphatic rings. The van der Waals surface area contributed by atoms with Gasteiger partial charge in [0, 0.05) is 18.8 Å². The molecule has 76 valence electrons. The molecule has 0 aliphatic carbocycles. The van der Waals surface area contributed by atoms with Crippen molar-refractivity contribution < 1.29 is 0 Å². The molecular weight excluding hydrogens is 172 g/mol. The minimum atomic E-state index is 0.825. The maximum absolute atomic E-state index is 7.48. The lowest BCUT2D eigenvalue weighted by atomic mass is 10.2. The van der Waals surface area contributed by atoms with Gasteiger partial charge in [0.2, 0.25) is 0 Å². The Morgan fingerprint density at radius 1 is 1.29 bits per heavy atom. The lowest BCUT2D eigenvalue weighted by Crippen LogP contribution is -2.17. The summed E-state index contributed by atoms with van der Waals surface area (Å²) in [5.41, 5.74) is 2.13. The third-order valence-corrected chi connectivity index (χ3v) is 2.20. The summed E-state index contributed by atoms with van der Waals surface area (Å²) >= 11 is 0. The summed E-state index contributed by atoms with van der Waals surface area (Å²) in [6.07, 6.45) is 1.73. The number of benzene rings is 1. The molecule has 1 aromatic carbocycles. The number of hydrogen-bond donors (Lipinski definition) is 2. The van der Waals surface area contributed by atoms with Crippen LogP contribution in [0.2, 0.25) is 0 Å². The van der Waals surface area contributed by atoms with E-state index in [0.29, 0.717) is 0 Å². The van der Waals surface area contributed by atoms with Gasteiger partial charge in [0.25, 0.3) is 0 Å². The maximum atomic E-state index is 7.48. The van der Waals surface area contributed by atoms with Gasteiger partial charge in [0.15, 0.2) is 0 Å². The van der Waals surface area contributed by atoms with E-state index in [1.165, 1.54) is 5.56 Å². The SMILES string of the molecule is CCC(=N)CCNCc1ccccc1. The normalized spacial score (nSPS) is 10.1. The van der Waals surface area contributed by atoms with Crippen LogP contribution in [0, 0.1) is 5.41 Å². The smallest absolute Gasteiger partial charge is 0.0205 e. The molecule has 0 amide bonds. The molecule has 0 radical (unpaired) electrons. The second-order valence-electron chi connectivity index (χ2n) is 3.37. The van der Waals surface area contributed by atoms with E-state index in [1.807, 2.05) is 25.1 Å². The largest absolute Gasteiger partial charge is 0.312 e. The highest BCUT2D eigenvalue weighted by Gasteiger charge is 1.93. The van der Waals surface area contributed by atoms with Gasteiger partial charge in [0.05, 0.1) is 0 Å². The molecule has 0 saturated heterocycles. The van der Waals surface area contributed by atoms with Gasteiger partial charge >= 0.3 is 0 Å². The Morgan fingerprint density at radius 3 is 2.64 bits per heavy atom. The molecule has 0 aliphatic heterocycles. The highest BCUT2D eigenvalue weighted by atomic mass is 14.8. The molecule has 0 saturated carbocycles. The lowest BCUT2D eigenvalue weighted by molar-refractivity contribution is 0.701. The molecule has 2 nitrogen and oxygen atoms in total. The molecule has 1 rings (SSSR count). The van der Waals surface area contributed by atoms with Crippen LogP contribution in [-0.2, 0) is 6.54 Å². The summed E-state index contributed by atoms with van der Waals surface area (Å²) in [5, 5.41) is 10.8. The predicted molar refractivity (Wildman–Crippen MR) is 60.8 cm³/mol. The maximum Gasteiger partial charge on any atom is 0.0205 e. The Bertz CT molecular complexity index is 267. The molecule has 14 heavy (non-hydrogen) atoms. The second-order valence-corrected chi connectivity index (χ2v) is 3.37. The number of hydrogen-bond acceptors (Lipinski definition) is 2. The Hall–Kier alpha value is -1.15. The van der Waals surface area contributed by atoms with Crippen molar-refractivity contribution in [1.82, 2.24) is 5.32 Å². The first-order chi connectivity index (χ1) is 6.83. The third kappa shape index (κ3) is 4.19. The van der Waals surface area contributed by atoms with Crippen molar-refractivity contribution >= 4 is 5.71 Å². The van der Waals surface area contributed by atoms with Crippen LogP contribution in [0.1, 0.15) is 25.3 Å². The van der Waals surface area contributed by atoms with Crippen LogP contribution < -0.4 is 5.32 Å². The van der Waals surface area contributed by atoms with E-state index in [0.717, 1.165) is 31.6 Å². The average molecular weight is 190 g/mol. The molecule has 0 atom stereocenters. The van der Waals surface area contributed by atoms with Crippen LogP contribution in [0.3, 0.4) is 0 Å². The Morgan fingerprint density at radius 2 is 2.00 bits per heavy atom. The van der Waals surface area contributed by atoms with Crippen LogP contribution in [0.4, 0.5) is 0 Å². The molecular formula is C12H18N2. The molecule has 0 unspecified atom stereocenters. The zero-order chi connectivity index (χ0) is 10.2. The summed E-state index contributed by atoms with van der Waals surface area (Å²) in [5.74, 6) is 0. The van der Waals surface area contributed by atoms with Gasteiger partial charge in [-0.25, -0.2) is 0 Å². The van der Waals surface area contributed by atoms with Crippen molar-refractivity contribution in [2.75, 3.05) is 6.54 Å². The Labute approximate surface area is 85.9 Å². The molecule has 0 bridgehead atoms. The monoisotopic (exact) mass is 190 g/mol. The minimum absolute atomic E-state index is 0.825. The van der Waals surface area contributed by atoms with Crippen molar-refractivity contribution in [2.45, 2.75) is 26.3 Å². The van der Waals surface area contributed by atoms with E-state index in [2.05, 4.69) is 17.4 Å². The van der Waals surface area contributed by atoms with Gasteiger partial charge in [-0.2, -0.15) is 0 Å². The zero-order valence-electron chi connectivity index (χ0n) is 8.72. The molecule has 0 fully saturated rings. The molecule has 2 heteroatoms. The van der Waals surface area contributed by atoms with Gasteiger partial charge in [-0.15, -0.1) is 0 Å². The van der Waals surface area contributed by atoms with E-state index in [1.54, 1.807) is 0 Å². The highest BCUT2D eigenvalue weighted by Crippen LogP contribution is 1.97. The highest BCUT2D eigenvalue weighted by molar-refractivity contribution is 5.81. The Balaban J connectivity index is 2.13. The van der Waals surface area contributed by atoms with E-state index >= 15 is 0 Å². The van der Waals surface area contributed by atoms with Crippen LogP contribution in [-0.4, -0.2) is 12.3 Å². The van der Waals surface area contributed by atoms with Crippen LogP contribution in [0.25, 0.3) is 0 Å². The number of nitrogens with one attached hydrogen (secondary N) is 2. The van der Waals surface area contributed by atoms with Gasteiger partial charge in [-0.1, -0.05) is 37.3 Å². The van der Waals surface area contributed by atoms with Gasteiger partial charge in [-0.3, -0.25) is 0 Å². The standard InChI is InChI=1S/C12H18N2/c1-2-12(13)8-9-14-10-11-6-4-3-5-7-11/h3-7,13-14H,2,8-10H2,1H3. The predicted octanol–water partition coefficient (Wildman–Crippen LogP) is 2.60. The van der Waals surface area contributed by atoms with E-state index < -0.39 is 0 Å². The lowest BCUT2D eigenvalue weighted by Gasteiger charge is -2.04. The average Bonchev–Trinajstić information content (AvgIpc) is 2.25. The summed E-state index contributed by atoms with van der Waals surface area (Å²) in [7, 11) is 0. The van der Waals surface area contributed by atoms with Crippen molar-refractivity contribution in [1.29, 1.82) is 5.41 Å².